The lowest BCUT2D eigenvalue weighted by atomic mass is 9.86. The highest BCUT2D eigenvalue weighted by Crippen LogP contribution is 2.29. The van der Waals surface area contributed by atoms with E-state index in [0.717, 1.165) is 12.0 Å². The molecule has 0 aromatic heterocycles. The predicted molar refractivity (Wildman–Crippen MR) is 86.2 cm³/mol. The van der Waals surface area contributed by atoms with E-state index in [1.165, 1.54) is 0 Å². The number of nitrogens with one attached hydrogen (secondary N) is 2. The second kappa shape index (κ2) is 7.25. The zero-order valence-corrected chi connectivity index (χ0v) is 13.6. The molecule has 4 heteroatoms. The van der Waals surface area contributed by atoms with Crippen molar-refractivity contribution in [1.29, 1.82) is 0 Å². The van der Waals surface area contributed by atoms with E-state index in [1.54, 1.807) is 0 Å². The Morgan fingerprint density at radius 1 is 1.10 bits per heavy atom. The van der Waals surface area contributed by atoms with Gasteiger partial charge in [-0.1, -0.05) is 52.8 Å². The topological polar surface area (TPSA) is 58.2 Å². The van der Waals surface area contributed by atoms with Crippen LogP contribution in [0.25, 0.3) is 0 Å². The van der Waals surface area contributed by atoms with Crippen molar-refractivity contribution in [3.05, 3.63) is 29.8 Å². The molecule has 2 amide bonds. The first-order valence-electron chi connectivity index (χ1n) is 7.40. The molecule has 0 saturated carbocycles. The van der Waals surface area contributed by atoms with Gasteiger partial charge in [0, 0.05) is 12.2 Å². The van der Waals surface area contributed by atoms with Crippen molar-refractivity contribution < 1.29 is 9.59 Å². The maximum Gasteiger partial charge on any atom is 0.313 e. The lowest BCUT2D eigenvalue weighted by Crippen LogP contribution is -2.36. The zero-order valence-electron chi connectivity index (χ0n) is 13.6. The van der Waals surface area contributed by atoms with Crippen molar-refractivity contribution >= 4 is 17.5 Å². The van der Waals surface area contributed by atoms with E-state index in [9.17, 15) is 9.59 Å². The maximum atomic E-state index is 11.9. The number of carbonyl (C=O) groups is 2. The van der Waals surface area contributed by atoms with Crippen molar-refractivity contribution in [2.45, 2.75) is 46.5 Å². The average molecular weight is 290 g/mol. The van der Waals surface area contributed by atoms with Crippen LogP contribution < -0.4 is 10.6 Å². The largest absolute Gasteiger partial charge is 0.348 e. The van der Waals surface area contributed by atoms with E-state index < -0.39 is 11.8 Å². The van der Waals surface area contributed by atoms with Crippen LogP contribution >= 0.6 is 0 Å². The Labute approximate surface area is 127 Å². The molecule has 1 aromatic carbocycles. The third kappa shape index (κ3) is 5.58. The van der Waals surface area contributed by atoms with Crippen molar-refractivity contribution in [3.8, 4) is 0 Å². The van der Waals surface area contributed by atoms with Gasteiger partial charge in [-0.3, -0.25) is 9.59 Å². The number of carbonyl (C=O) groups excluding carboxylic acids is 2. The molecular weight excluding hydrogens is 264 g/mol. The second-order valence-corrected chi connectivity index (χ2v) is 6.69. The van der Waals surface area contributed by atoms with Crippen LogP contribution in [0.3, 0.4) is 0 Å². The minimum absolute atomic E-state index is 0.0992. The van der Waals surface area contributed by atoms with Crippen LogP contribution in [0.4, 0.5) is 5.69 Å². The number of benzene rings is 1. The molecule has 4 nitrogen and oxygen atoms in total. The summed E-state index contributed by atoms with van der Waals surface area (Å²) in [6, 6.07) is 7.56. The van der Waals surface area contributed by atoms with Gasteiger partial charge in [-0.2, -0.15) is 0 Å². The van der Waals surface area contributed by atoms with Gasteiger partial charge in [-0.15, -0.1) is 0 Å². The Hall–Kier alpha value is -1.84. The van der Waals surface area contributed by atoms with Crippen LogP contribution in [-0.4, -0.2) is 18.4 Å². The highest BCUT2D eigenvalue weighted by atomic mass is 16.2. The van der Waals surface area contributed by atoms with Crippen LogP contribution in [0, 0.1) is 5.92 Å². The van der Waals surface area contributed by atoms with Gasteiger partial charge in [0.05, 0.1) is 0 Å². The van der Waals surface area contributed by atoms with Crippen LogP contribution in [0.5, 0.6) is 0 Å². The number of hydrogen-bond acceptors (Lipinski definition) is 2. The molecule has 1 aromatic rings. The molecule has 0 heterocycles. The minimum atomic E-state index is -0.615. The van der Waals surface area contributed by atoms with E-state index in [-0.39, 0.29) is 5.41 Å². The van der Waals surface area contributed by atoms with Gasteiger partial charge < -0.3 is 10.6 Å². The molecule has 0 unspecified atom stereocenters. The lowest BCUT2D eigenvalue weighted by Gasteiger charge is -2.22. The number of hydrogen-bond donors (Lipinski definition) is 2. The maximum absolute atomic E-state index is 11.9. The molecular formula is C17H26N2O2. The summed E-state index contributed by atoms with van der Waals surface area (Å²) in [5.74, 6) is -0.704. The van der Waals surface area contributed by atoms with Gasteiger partial charge in [-0.25, -0.2) is 0 Å². The standard InChI is InChI=1S/C17H26N2O2/c1-12(2)10-11-18-15(20)16(21)19-14-9-7-6-8-13(14)17(3,4)5/h6-9,12H,10-11H2,1-5H3,(H,18,20)(H,19,21). The first-order chi connectivity index (χ1) is 9.71. The number of anilines is 1. The molecule has 0 radical (unpaired) electrons. The molecule has 2 N–H and O–H groups in total. The third-order valence-corrected chi connectivity index (χ3v) is 3.20. The lowest BCUT2D eigenvalue weighted by molar-refractivity contribution is -0.136. The Kier molecular flexibility index (Phi) is 5.94. The molecule has 21 heavy (non-hydrogen) atoms. The number of para-hydroxylation sites is 1. The van der Waals surface area contributed by atoms with E-state index in [1.807, 2.05) is 24.3 Å². The zero-order chi connectivity index (χ0) is 16.0. The highest BCUT2D eigenvalue weighted by Gasteiger charge is 2.20. The Morgan fingerprint density at radius 2 is 1.71 bits per heavy atom. The average Bonchev–Trinajstić information content (AvgIpc) is 2.37. The third-order valence-electron chi connectivity index (χ3n) is 3.20. The Bertz CT molecular complexity index is 502. The quantitative estimate of drug-likeness (QED) is 0.837. The predicted octanol–water partition coefficient (Wildman–Crippen LogP) is 3.08. The fraction of sp³-hybridized carbons (Fsp3) is 0.529. The summed E-state index contributed by atoms with van der Waals surface area (Å²) in [5.41, 5.74) is 1.60. The fourth-order valence-corrected chi connectivity index (χ4v) is 1.98. The smallest absolute Gasteiger partial charge is 0.313 e. The van der Waals surface area contributed by atoms with Crippen LogP contribution in [0.15, 0.2) is 24.3 Å². The van der Waals surface area contributed by atoms with Gasteiger partial charge in [0.2, 0.25) is 0 Å². The summed E-state index contributed by atoms with van der Waals surface area (Å²) in [7, 11) is 0. The van der Waals surface area contributed by atoms with Crippen molar-refractivity contribution in [2.24, 2.45) is 5.92 Å². The van der Waals surface area contributed by atoms with Gasteiger partial charge >= 0.3 is 11.8 Å². The molecule has 0 bridgehead atoms. The van der Waals surface area contributed by atoms with Crippen molar-refractivity contribution in [3.63, 3.8) is 0 Å². The molecule has 116 valence electrons. The van der Waals surface area contributed by atoms with E-state index >= 15 is 0 Å². The first kappa shape index (κ1) is 17.2. The van der Waals surface area contributed by atoms with E-state index in [4.69, 9.17) is 0 Å². The summed E-state index contributed by atoms with van der Waals surface area (Å²) in [6.45, 7) is 10.9. The van der Waals surface area contributed by atoms with Gasteiger partial charge in [0.1, 0.15) is 0 Å². The number of rotatable bonds is 4. The normalized spacial score (nSPS) is 11.3. The molecule has 1 rings (SSSR count). The monoisotopic (exact) mass is 290 g/mol. The molecule has 0 fully saturated rings. The summed E-state index contributed by atoms with van der Waals surface area (Å²) in [5, 5.41) is 5.35. The van der Waals surface area contributed by atoms with Gasteiger partial charge in [0.15, 0.2) is 0 Å². The van der Waals surface area contributed by atoms with E-state index in [0.29, 0.717) is 18.2 Å². The Morgan fingerprint density at radius 3 is 2.29 bits per heavy atom. The fourth-order valence-electron chi connectivity index (χ4n) is 1.98. The van der Waals surface area contributed by atoms with Gasteiger partial charge in [-0.05, 0) is 29.4 Å². The summed E-state index contributed by atoms with van der Waals surface area (Å²) in [6.07, 6.45) is 0.859. The highest BCUT2D eigenvalue weighted by molar-refractivity contribution is 6.39. The molecule has 0 aliphatic heterocycles. The Balaban J connectivity index is 2.69. The summed E-state index contributed by atoms with van der Waals surface area (Å²) < 4.78 is 0. The summed E-state index contributed by atoms with van der Waals surface area (Å²) in [4.78, 5) is 23.7. The minimum Gasteiger partial charge on any atom is -0.348 e. The van der Waals surface area contributed by atoms with E-state index in [2.05, 4.69) is 45.3 Å². The molecule has 0 atom stereocenters. The second-order valence-electron chi connectivity index (χ2n) is 6.69. The number of amides is 2. The van der Waals surface area contributed by atoms with Crippen molar-refractivity contribution in [1.82, 2.24) is 5.32 Å². The van der Waals surface area contributed by atoms with Gasteiger partial charge in [0.25, 0.3) is 0 Å². The molecule has 0 aliphatic rings. The first-order valence-corrected chi connectivity index (χ1v) is 7.40. The SMILES string of the molecule is CC(C)CCNC(=O)C(=O)Nc1ccccc1C(C)(C)C. The van der Waals surface area contributed by atoms with Crippen LogP contribution in [-0.2, 0) is 15.0 Å². The molecule has 0 spiro atoms. The van der Waals surface area contributed by atoms with Crippen LogP contribution in [0.1, 0.15) is 46.6 Å². The van der Waals surface area contributed by atoms with Crippen molar-refractivity contribution in [2.75, 3.05) is 11.9 Å². The molecule has 0 saturated heterocycles. The molecule has 0 aliphatic carbocycles. The summed E-state index contributed by atoms with van der Waals surface area (Å²) >= 11 is 0. The van der Waals surface area contributed by atoms with Crippen LogP contribution in [0.2, 0.25) is 0 Å².